The lowest BCUT2D eigenvalue weighted by Crippen LogP contribution is -2.06. The summed E-state index contributed by atoms with van der Waals surface area (Å²) in [6, 6.07) is 6.69. The van der Waals surface area contributed by atoms with Gasteiger partial charge in [-0.3, -0.25) is 0 Å². The molecule has 0 fully saturated rings. The number of benzene rings is 1. The van der Waals surface area contributed by atoms with Gasteiger partial charge in [0.05, 0.1) is 6.61 Å². The lowest BCUT2D eigenvalue weighted by atomic mass is 10.2. The summed E-state index contributed by atoms with van der Waals surface area (Å²) in [6.07, 6.45) is 0. The van der Waals surface area contributed by atoms with E-state index in [1.807, 2.05) is 13.8 Å². The number of hydrogen-bond donors (Lipinski definition) is 3. The van der Waals surface area contributed by atoms with E-state index >= 15 is 0 Å². The summed E-state index contributed by atoms with van der Waals surface area (Å²) >= 11 is 0. The molecule has 0 radical (unpaired) electrons. The van der Waals surface area contributed by atoms with E-state index < -0.39 is 0 Å². The smallest absolute Gasteiger partial charge is 0.226 e. The van der Waals surface area contributed by atoms with Crippen LogP contribution in [-0.2, 0) is 6.54 Å². The maximum absolute atomic E-state index is 9.75. The molecule has 0 saturated heterocycles. The number of ether oxygens (including phenoxy) is 1. The Morgan fingerprint density at radius 1 is 1.30 bits per heavy atom. The summed E-state index contributed by atoms with van der Waals surface area (Å²) < 4.78 is 5.36. The van der Waals surface area contributed by atoms with Gasteiger partial charge in [-0.1, -0.05) is 0 Å². The monoisotopic (exact) mass is 274 g/mol. The van der Waals surface area contributed by atoms with Gasteiger partial charge in [0, 0.05) is 29.6 Å². The Labute approximate surface area is 117 Å². The Balaban J connectivity index is 2.12. The van der Waals surface area contributed by atoms with E-state index in [0.29, 0.717) is 36.2 Å². The van der Waals surface area contributed by atoms with Crippen LogP contribution < -0.4 is 15.8 Å². The zero-order valence-corrected chi connectivity index (χ0v) is 11.6. The van der Waals surface area contributed by atoms with Crippen molar-refractivity contribution in [3.63, 3.8) is 0 Å². The summed E-state index contributed by atoms with van der Waals surface area (Å²) in [7, 11) is 0. The van der Waals surface area contributed by atoms with Crippen LogP contribution in [0.3, 0.4) is 0 Å². The molecule has 2 rings (SSSR count). The maximum Gasteiger partial charge on any atom is 0.226 e. The molecule has 2 aromatic rings. The van der Waals surface area contributed by atoms with Crippen LogP contribution in [-0.4, -0.2) is 21.7 Å². The normalized spacial score (nSPS) is 10.3. The molecule has 0 saturated carbocycles. The summed E-state index contributed by atoms with van der Waals surface area (Å²) in [5.41, 5.74) is 7.79. The van der Waals surface area contributed by atoms with Gasteiger partial charge in [-0.25, -0.2) is 4.98 Å². The van der Waals surface area contributed by atoms with Crippen molar-refractivity contribution in [1.82, 2.24) is 9.97 Å². The molecular formula is C14H18N4O2. The molecule has 1 heterocycles. The van der Waals surface area contributed by atoms with E-state index in [1.54, 1.807) is 24.3 Å². The second kappa shape index (κ2) is 6.10. The van der Waals surface area contributed by atoms with Crippen molar-refractivity contribution in [2.45, 2.75) is 20.4 Å². The molecule has 6 nitrogen and oxygen atoms in total. The fourth-order valence-corrected chi connectivity index (χ4v) is 1.76. The minimum atomic E-state index is 0.185. The van der Waals surface area contributed by atoms with Crippen molar-refractivity contribution in [2.75, 3.05) is 17.7 Å². The zero-order chi connectivity index (χ0) is 14.5. The molecule has 4 N–H and O–H groups in total. The van der Waals surface area contributed by atoms with Crippen LogP contribution in [0.4, 0.5) is 11.6 Å². The zero-order valence-electron chi connectivity index (χ0n) is 11.6. The molecular weight excluding hydrogens is 256 g/mol. The number of phenolic OH excluding ortho intramolecular Hbond substituents is 1. The van der Waals surface area contributed by atoms with Gasteiger partial charge in [0.1, 0.15) is 5.75 Å². The summed E-state index contributed by atoms with van der Waals surface area (Å²) in [4.78, 5) is 8.50. The lowest BCUT2D eigenvalue weighted by molar-refractivity contribution is 0.326. The van der Waals surface area contributed by atoms with Crippen molar-refractivity contribution in [2.24, 2.45) is 0 Å². The maximum atomic E-state index is 9.75. The van der Waals surface area contributed by atoms with E-state index in [1.165, 1.54) is 0 Å². The average molecular weight is 274 g/mol. The first-order valence-corrected chi connectivity index (χ1v) is 6.38. The molecule has 1 aromatic heterocycles. The van der Waals surface area contributed by atoms with Crippen molar-refractivity contribution in [3.05, 3.63) is 35.5 Å². The van der Waals surface area contributed by atoms with Crippen molar-refractivity contribution < 1.29 is 9.84 Å². The van der Waals surface area contributed by atoms with Gasteiger partial charge in [0.2, 0.25) is 11.8 Å². The minimum Gasteiger partial charge on any atom is -0.508 e. The molecule has 0 aliphatic carbocycles. The minimum absolute atomic E-state index is 0.185. The van der Waals surface area contributed by atoms with E-state index in [4.69, 9.17) is 10.5 Å². The van der Waals surface area contributed by atoms with Gasteiger partial charge in [0.15, 0.2) is 0 Å². The van der Waals surface area contributed by atoms with Gasteiger partial charge in [0.25, 0.3) is 0 Å². The van der Waals surface area contributed by atoms with E-state index in [0.717, 1.165) is 5.69 Å². The number of anilines is 2. The van der Waals surface area contributed by atoms with Gasteiger partial charge < -0.3 is 20.9 Å². The largest absolute Gasteiger partial charge is 0.508 e. The third-order valence-electron chi connectivity index (χ3n) is 2.66. The van der Waals surface area contributed by atoms with Crippen LogP contribution in [0.25, 0.3) is 0 Å². The third-order valence-corrected chi connectivity index (χ3v) is 2.66. The summed E-state index contributed by atoms with van der Waals surface area (Å²) in [5.74, 6) is 1.17. The number of phenols is 1. The third kappa shape index (κ3) is 3.50. The molecule has 0 spiro atoms. The first kappa shape index (κ1) is 13.9. The molecule has 0 unspecified atom stereocenters. The quantitative estimate of drug-likeness (QED) is 0.571. The predicted molar refractivity (Wildman–Crippen MR) is 77.8 cm³/mol. The van der Waals surface area contributed by atoms with Crippen LogP contribution in [0.15, 0.2) is 24.3 Å². The highest BCUT2D eigenvalue weighted by atomic mass is 16.5. The fourth-order valence-electron chi connectivity index (χ4n) is 1.76. The second-order valence-electron chi connectivity index (χ2n) is 4.35. The topological polar surface area (TPSA) is 93.3 Å². The number of aryl methyl sites for hydroxylation is 1. The number of aromatic nitrogens is 2. The van der Waals surface area contributed by atoms with Crippen molar-refractivity contribution >= 4 is 11.6 Å². The van der Waals surface area contributed by atoms with Gasteiger partial charge in [-0.05, 0) is 32.0 Å². The van der Waals surface area contributed by atoms with Crippen molar-refractivity contribution in [1.29, 1.82) is 0 Å². The summed E-state index contributed by atoms with van der Waals surface area (Å²) in [5, 5.41) is 12.8. The van der Waals surface area contributed by atoms with Crippen LogP contribution in [0.2, 0.25) is 0 Å². The molecule has 1 aromatic carbocycles. The molecule has 0 bridgehead atoms. The Hall–Kier alpha value is -2.50. The number of rotatable bonds is 5. The predicted octanol–water partition coefficient (Wildman–Crippen LogP) is 2.08. The van der Waals surface area contributed by atoms with Gasteiger partial charge in [-0.2, -0.15) is 4.98 Å². The highest BCUT2D eigenvalue weighted by Gasteiger charge is 2.05. The fraction of sp³-hybridized carbons (Fsp3) is 0.286. The van der Waals surface area contributed by atoms with Gasteiger partial charge >= 0.3 is 0 Å². The highest BCUT2D eigenvalue weighted by molar-refractivity contribution is 5.48. The molecule has 106 valence electrons. The molecule has 20 heavy (non-hydrogen) atoms. The van der Waals surface area contributed by atoms with E-state index in [2.05, 4.69) is 15.3 Å². The Bertz CT molecular complexity index is 602. The SMILES string of the molecule is CCOc1cc(C)nc(NCc2cc(N)ccc2O)n1. The first-order chi connectivity index (χ1) is 9.58. The number of hydrogen-bond acceptors (Lipinski definition) is 6. The molecule has 0 amide bonds. The second-order valence-corrected chi connectivity index (χ2v) is 4.35. The molecule has 0 aliphatic heterocycles. The van der Waals surface area contributed by atoms with E-state index in [9.17, 15) is 5.11 Å². The Morgan fingerprint density at radius 2 is 2.10 bits per heavy atom. The molecule has 0 atom stereocenters. The molecule has 6 heteroatoms. The first-order valence-electron chi connectivity index (χ1n) is 6.38. The lowest BCUT2D eigenvalue weighted by Gasteiger charge is -2.10. The standard InChI is InChI=1S/C14H18N4O2/c1-3-20-13-6-9(2)17-14(18-13)16-8-10-7-11(15)4-5-12(10)19/h4-7,19H,3,8,15H2,1-2H3,(H,16,17,18). The number of nitrogens with zero attached hydrogens (tertiary/aromatic N) is 2. The van der Waals surface area contributed by atoms with Gasteiger partial charge in [-0.15, -0.1) is 0 Å². The van der Waals surface area contributed by atoms with Crippen LogP contribution in [0, 0.1) is 6.92 Å². The van der Waals surface area contributed by atoms with E-state index in [-0.39, 0.29) is 5.75 Å². The average Bonchev–Trinajstić information content (AvgIpc) is 2.40. The highest BCUT2D eigenvalue weighted by Crippen LogP contribution is 2.21. The molecule has 0 aliphatic rings. The summed E-state index contributed by atoms with van der Waals surface area (Å²) in [6.45, 7) is 4.69. The van der Waals surface area contributed by atoms with Crippen LogP contribution in [0.1, 0.15) is 18.2 Å². The number of nitrogens with one attached hydrogen (secondary N) is 1. The number of nitrogen functional groups attached to an aromatic ring is 1. The van der Waals surface area contributed by atoms with Crippen LogP contribution in [0.5, 0.6) is 11.6 Å². The number of nitrogens with two attached hydrogens (primary N) is 1. The van der Waals surface area contributed by atoms with Crippen molar-refractivity contribution in [3.8, 4) is 11.6 Å². The Morgan fingerprint density at radius 3 is 2.85 bits per heavy atom. The Kier molecular flexibility index (Phi) is 4.24. The number of aromatic hydroxyl groups is 1. The van der Waals surface area contributed by atoms with Crippen LogP contribution >= 0.6 is 0 Å².